The normalized spacial score (nSPS) is 18.7. The maximum Gasteiger partial charge on any atom is 0.198 e. The summed E-state index contributed by atoms with van der Waals surface area (Å²) in [6.45, 7) is 9.05. The number of Topliss-reactive ketones (excluding diaryl/α,β-unsaturated/α-hetero) is 1. The second-order valence-corrected chi connectivity index (χ2v) is 8.16. The minimum Gasteiger partial charge on any atom is -0.508 e. The number of ketones is 1. The molecule has 1 aromatic carbocycles. The van der Waals surface area contributed by atoms with Crippen molar-refractivity contribution >= 4 is 23.0 Å². The fourth-order valence-electron chi connectivity index (χ4n) is 3.54. The van der Waals surface area contributed by atoms with Gasteiger partial charge in [-0.25, -0.2) is 4.98 Å². The number of benzene rings is 1. The van der Waals surface area contributed by atoms with Crippen molar-refractivity contribution in [1.82, 2.24) is 4.98 Å². The van der Waals surface area contributed by atoms with Crippen molar-refractivity contribution in [2.24, 2.45) is 0 Å². The fourth-order valence-corrected chi connectivity index (χ4v) is 3.65. The minimum atomic E-state index is -1.02. The minimum absolute atomic E-state index is 0.0343. The number of halogens is 1. The summed E-state index contributed by atoms with van der Waals surface area (Å²) >= 11 is 5.89. The standard InChI is InChI=1S/C22H24ClNO3/c1-6-13-7-8-14(15-9-10-17(23)24-12-15)11-16(13)18-19(25)21(2,3)27-22(4,5)20(18)26/h7-12,25H,6H2,1-5H3. The molecule has 1 aliphatic rings. The summed E-state index contributed by atoms with van der Waals surface area (Å²) in [6.07, 6.45) is 2.43. The van der Waals surface area contributed by atoms with E-state index in [1.165, 1.54) is 0 Å². The van der Waals surface area contributed by atoms with E-state index in [2.05, 4.69) is 4.98 Å². The van der Waals surface area contributed by atoms with Crippen LogP contribution in [0.25, 0.3) is 16.7 Å². The Kier molecular flexibility index (Phi) is 4.91. The predicted molar refractivity (Wildman–Crippen MR) is 108 cm³/mol. The van der Waals surface area contributed by atoms with Crippen LogP contribution in [0.2, 0.25) is 5.15 Å². The molecule has 1 aromatic heterocycles. The number of rotatable bonds is 3. The molecule has 2 aromatic rings. The second kappa shape index (κ2) is 6.77. The average Bonchev–Trinajstić information content (AvgIpc) is 2.60. The number of aliphatic hydroxyl groups excluding tert-OH is 1. The lowest BCUT2D eigenvalue weighted by Crippen LogP contribution is -2.49. The van der Waals surface area contributed by atoms with Crippen LogP contribution in [-0.2, 0) is 16.0 Å². The van der Waals surface area contributed by atoms with Gasteiger partial charge in [0.1, 0.15) is 22.1 Å². The van der Waals surface area contributed by atoms with Gasteiger partial charge in [0, 0.05) is 11.8 Å². The highest BCUT2D eigenvalue weighted by Gasteiger charge is 2.47. The van der Waals surface area contributed by atoms with E-state index in [1.54, 1.807) is 40.0 Å². The Balaban J connectivity index is 2.24. The molecular formula is C22H24ClNO3. The Morgan fingerprint density at radius 1 is 1.07 bits per heavy atom. The van der Waals surface area contributed by atoms with Gasteiger partial charge in [-0.15, -0.1) is 0 Å². The summed E-state index contributed by atoms with van der Waals surface area (Å²) in [7, 11) is 0. The maximum absolute atomic E-state index is 13.1. The van der Waals surface area contributed by atoms with Gasteiger partial charge in [0.15, 0.2) is 5.78 Å². The highest BCUT2D eigenvalue weighted by Crippen LogP contribution is 2.41. The van der Waals surface area contributed by atoms with E-state index in [4.69, 9.17) is 16.3 Å². The summed E-state index contributed by atoms with van der Waals surface area (Å²) in [5, 5.41) is 11.3. The van der Waals surface area contributed by atoms with Crippen molar-refractivity contribution in [1.29, 1.82) is 0 Å². The van der Waals surface area contributed by atoms with Crippen molar-refractivity contribution < 1.29 is 14.6 Å². The molecule has 0 fully saturated rings. The zero-order valence-corrected chi connectivity index (χ0v) is 17.0. The monoisotopic (exact) mass is 385 g/mol. The molecule has 3 rings (SSSR count). The summed E-state index contributed by atoms with van der Waals surface area (Å²) in [5.41, 5.74) is 1.88. The first-order chi connectivity index (χ1) is 12.6. The third kappa shape index (κ3) is 3.52. The Hall–Kier alpha value is -2.17. The molecular weight excluding hydrogens is 362 g/mol. The zero-order valence-electron chi connectivity index (χ0n) is 16.3. The van der Waals surface area contributed by atoms with Crippen molar-refractivity contribution in [2.75, 3.05) is 0 Å². The van der Waals surface area contributed by atoms with E-state index in [0.29, 0.717) is 10.7 Å². The smallest absolute Gasteiger partial charge is 0.198 e. The van der Waals surface area contributed by atoms with Crippen LogP contribution < -0.4 is 0 Å². The number of hydrogen-bond donors (Lipinski definition) is 1. The summed E-state index contributed by atoms with van der Waals surface area (Å²) in [4.78, 5) is 17.3. The number of aryl methyl sites for hydroxylation is 1. The third-order valence-electron chi connectivity index (χ3n) is 4.91. The number of hydrogen-bond acceptors (Lipinski definition) is 4. The molecule has 0 saturated heterocycles. The first kappa shape index (κ1) is 19.6. The Bertz CT molecular complexity index is 927. The second-order valence-electron chi connectivity index (χ2n) is 7.77. The van der Waals surface area contributed by atoms with Gasteiger partial charge in [0.05, 0.1) is 5.57 Å². The molecule has 0 unspecified atom stereocenters. The van der Waals surface area contributed by atoms with Gasteiger partial charge >= 0.3 is 0 Å². The maximum atomic E-state index is 13.1. The fraction of sp³-hybridized carbons (Fsp3) is 0.364. The molecule has 0 saturated carbocycles. The molecule has 142 valence electrons. The van der Waals surface area contributed by atoms with Crippen LogP contribution in [0.5, 0.6) is 0 Å². The van der Waals surface area contributed by atoms with Gasteiger partial charge in [-0.1, -0.05) is 30.7 Å². The van der Waals surface area contributed by atoms with Gasteiger partial charge in [-0.05, 0) is 69.0 Å². The van der Waals surface area contributed by atoms with E-state index < -0.39 is 11.2 Å². The number of pyridine rings is 1. The van der Waals surface area contributed by atoms with Gasteiger partial charge < -0.3 is 9.84 Å². The van der Waals surface area contributed by atoms with Gasteiger partial charge in [0.25, 0.3) is 0 Å². The lowest BCUT2D eigenvalue weighted by Gasteiger charge is -2.40. The molecule has 0 radical (unpaired) electrons. The molecule has 0 amide bonds. The molecule has 0 spiro atoms. The number of carbonyl (C=O) groups excluding carboxylic acids is 1. The zero-order chi connectivity index (χ0) is 20.0. The first-order valence-electron chi connectivity index (χ1n) is 9.00. The Morgan fingerprint density at radius 2 is 1.74 bits per heavy atom. The number of nitrogens with zero attached hydrogens (tertiary/aromatic N) is 1. The van der Waals surface area contributed by atoms with Gasteiger partial charge in [-0.2, -0.15) is 0 Å². The lowest BCUT2D eigenvalue weighted by molar-refractivity contribution is -0.158. The Morgan fingerprint density at radius 3 is 2.33 bits per heavy atom. The number of carbonyl (C=O) groups is 1. The molecule has 4 nitrogen and oxygen atoms in total. The van der Waals surface area contributed by atoms with E-state index in [1.807, 2.05) is 31.2 Å². The molecule has 0 bridgehead atoms. The summed E-state index contributed by atoms with van der Waals surface area (Å²) < 4.78 is 5.86. The Labute approximate surface area is 164 Å². The van der Waals surface area contributed by atoms with E-state index in [-0.39, 0.29) is 11.5 Å². The van der Waals surface area contributed by atoms with Crippen molar-refractivity contribution in [3.63, 3.8) is 0 Å². The van der Waals surface area contributed by atoms with E-state index in [9.17, 15) is 9.90 Å². The molecule has 1 aliphatic heterocycles. The number of aliphatic hydroxyl groups is 1. The van der Waals surface area contributed by atoms with Gasteiger partial charge in [0.2, 0.25) is 0 Å². The van der Waals surface area contributed by atoms with E-state index >= 15 is 0 Å². The van der Waals surface area contributed by atoms with Crippen LogP contribution in [0, 0.1) is 0 Å². The summed E-state index contributed by atoms with van der Waals surface area (Å²) in [5.74, 6) is -0.256. The van der Waals surface area contributed by atoms with Crippen LogP contribution in [0.15, 0.2) is 42.3 Å². The van der Waals surface area contributed by atoms with Gasteiger partial charge in [-0.3, -0.25) is 4.79 Å². The molecule has 5 heteroatoms. The van der Waals surface area contributed by atoms with Crippen LogP contribution >= 0.6 is 11.6 Å². The average molecular weight is 386 g/mol. The largest absolute Gasteiger partial charge is 0.508 e. The lowest BCUT2D eigenvalue weighted by atomic mass is 9.80. The van der Waals surface area contributed by atoms with Crippen LogP contribution in [0.1, 0.15) is 45.7 Å². The number of aromatic nitrogens is 1. The van der Waals surface area contributed by atoms with E-state index in [0.717, 1.165) is 28.7 Å². The topological polar surface area (TPSA) is 59.4 Å². The molecule has 2 heterocycles. The van der Waals surface area contributed by atoms with Crippen molar-refractivity contribution in [2.45, 2.75) is 52.2 Å². The van der Waals surface area contributed by atoms with Crippen molar-refractivity contribution in [3.8, 4) is 11.1 Å². The number of ether oxygens (including phenoxy) is 1. The molecule has 1 N–H and O–H groups in total. The van der Waals surface area contributed by atoms with Crippen LogP contribution in [0.4, 0.5) is 0 Å². The highest BCUT2D eigenvalue weighted by atomic mass is 35.5. The SMILES string of the molecule is CCc1ccc(-c2ccc(Cl)nc2)cc1C1=C(O)C(C)(C)OC(C)(C)C1=O. The molecule has 0 atom stereocenters. The van der Waals surface area contributed by atoms with Crippen LogP contribution in [0.3, 0.4) is 0 Å². The molecule has 27 heavy (non-hydrogen) atoms. The third-order valence-corrected chi connectivity index (χ3v) is 5.14. The molecule has 0 aliphatic carbocycles. The predicted octanol–water partition coefficient (Wildman–Crippen LogP) is 5.39. The summed E-state index contributed by atoms with van der Waals surface area (Å²) in [6, 6.07) is 9.53. The first-order valence-corrected chi connectivity index (χ1v) is 9.38. The van der Waals surface area contributed by atoms with Crippen molar-refractivity contribution in [3.05, 3.63) is 58.6 Å². The highest BCUT2D eigenvalue weighted by molar-refractivity contribution is 6.29. The van der Waals surface area contributed by atoms with Crippen LogP contribution in [-0.4, -0.2) is 27.1 Å². The quantitative estimate of drug-likeness (QED) is 0.719.